The van der Waals surface area contributed by atoms with Crippen molar-refractivity contribution in [1.82, 2.24) is 9.78 Å². The lowest BCUT2D eigenvalue weighted by Crippen LogP contribution is -2.04. The lowest BCUT2D eigenvalue weighted by molar-refractivity contribution is 0.571. The van der Waals surface area contributed by atoms with Crippen molar-refractivity contribution >= 4 is 0 Å². The van der Waals surface area contributed by atoms with E-state index in [1.807, 2.05) is 6.20 Å². The van der Waals surface area contributed by atoms with E-state index in [1.165, 1.54) is 24.1 Å². The molecule has 2 aromatic rings. The molecule has 4 rings (SSSR count). The molecule has 0 N–H and O–H groups in total. The van der Waals surface area contributed by atoms with Gasteiger partial charge in [-0.1, -0.05) is 0 Å². The fourth-order valence-electron chi connectivity index (χ4n) is 2.88. The zero-order valence-electron chi connectivity index (χ0n) is 9.03. The van der Waals surface area contributed by atoms with Crippen LogP contribution in [0.2, 0.25) is 0 Å². The topological polar surface area (TPSA) is 17.8 Å². The molecule has 0 unspecified atom stereocenters. The molecular weight excluding hydrogens is 222 g/mol. The van der Waals surface area contributed by atoms with E-state index in [-0.39, 0.29) is 0 Å². The zero-order valence-corrected chi connectivity index (χ0v) is 9.03. The van der Waals surface area contributed by atoms with Crippen LogP contribution in [0.1, 0.15) is 23.6 Å². The Morgan fingerprint density at radius 3 is 3.00 bits per heavy atom. The van der Waals surface area contributed by atoms with E-state index in [4.69, 9.17) is 0 Å². The molecule has 17 heavy (non-hydrogen) atoms. The Morgan fingerprint density at radius 2 is 2.18 bits per heavy atom. The molecule has 0 radical (unpaired) electrons. The third kappa shape index (κ3) is 1.21. The third-order valence-electron chi connectivity index (χ3n) is 3.78. The molecule has 0 saturated heterocycles. The largest absolute Gasteiger partial charge is 0.234 e. The Bertz CT molecular complexity index is 618. The van der Waals surface area contributed by atoms with Crippen LogP contribution in [-0.4, -0.2) is 9.78 Å². The van der Waals surface area contributed by atoms with Crippen LogP contribution in [-0.2, 0) is 6.42 Å². The number of benzene rings is 1. The van der Waals surface area contributed by atoms with Crippen molar-refractivity contribution in [2.75, 3.05) is 0 Å². The molecule has 4 heteroatoms. The van der Waals surface area contributed by atoms with Crippen LogP contribution in [0.15, 0.2) is 24.4 Å². The Kier molecular flexibility index (Phi) is 1.62. The standard InChI is InChI=1S/C13H10F2N2/c14-9-1-2-12(11(15)5-9)17-13-8(6-16-17)3-7-4-10(7)13/h1-2,5-7,10H,3-4H2/t7-,10+/m0/s1. The van der Waals surface area contributed by atoms with Gasteiger partial charge >= 0.3 is 0 Å². The zero-order chi connectivity index (χ0) is 11.6. The van der Waals surface area contributed by atoms with Crippen molar-refractivity contribution in [1.29, 1.82) is 0 Å². The average molecular weight is 232 g/mol. The maximum absolute atomic E-state index is 13.7. The Morgan fingerprint density at radius 1 is 1.29 bits per heavy atom. The number of aromatic nitrogens is 2. The molecule has 0 amide bonds. The van der Waals surface area contributed by atoms with Gasteiger partial charge < -0.3 is 0 Å². The molecule has 1 heterocycles. The number of halogens is 2. The highest BCUT2D eigenvalue weighted by molar-refractivity contribution is 5.43. The van der Waals surface area contributed by atoms with Gasteiger partial charge in [-0.2, -0.15) is 5.10 Å². The summed E-state index contributed by atoms with van der Waals surface area (Å²) < 4.78 is 28.2. The van der Waals surface area contributed by atoms with Gasteiger partial charge in [0.2, 0.25) is 0 Å². The fraction of sp³-hybridized carbons (Fsp3) is 0.308. The molecule has 2 atom stereocenters. The molecule has 1 aromatic carbocycles. The molecule has 0 bridgehead atoms. The number of hydrogen-bond acceptors (Lipinski definition) is 1. The summed E-state index contributed by atoms with van der Waals surface area (Å²) in [6.45, 7) is 0. The summed E-state index contributed by atoms with van der Waals surface area (Å²) in [5.41, 5.74) is 2.69. The Hall–Kier alpha value is -1.71. The summed E-state index contributed by atoms with van der Waals surface area (Å²) in [6, 6.07) is 3.63. The molecule has 2 nitrogen and oxygen atoms in total. The summed E-state index contributed by atoms with van der Waals surface area (Å²) in [5.74, 6) is 0.161. The quantitative estimate of drug-likeness (QED) is 0.739. The summed E-state index contributed by atoms with van der Waals surface area (Å²) in [6.07, 6.45) is 4.05. The van der Waals surface area contributed by atoms with Gasteiger partial charge in [-0.3, -0.25) is 0 Å². The smallest absolute Gasteiger partial charge is 0.151 e. The molecule has 1 saturated carbocycles. The summed E-state index contributed by atoms with van der Waals surface area (Å²) >= 11 is 0. The number of hydrogen-bond donors (Lipinski definition) is 0. The van der Waals surface area contributed by atoms with Gasteiger partial charge in [0, 0.05) is 12.0 Å². The van der Waals surface area contributed by atoms with Crippen molar-refractivity contribution in [2.24, 2.45) is 5.92 Å². The first-order chi connectivity index (χ1) is 8.24. The van der Waals surface area contributed by atoms with E-state index in [2.05, 4.69) is 5.10 Å². The summed E-state index contributed by atoms with van der Waals surface area (Å²) in [4.78, 5) is 0. The monoisotopic (exact) mass is 232 g/mol. The fourth-order valence-corrected chi connectivity index (χ4v) is 2.88. The van der Waals surface area contributed by atoms with Gasteiger partial charge in [0.25, 0.3) is 0 Å². The van der Waals surface area contributed by atoms with Crippen molar-refractivity contribution < 1.29 is 8.78 Å². The number of nitrogens with zero attached hydrogens (tertiary/aromatic N) is 2. The van der Waals surface area contributed by atoms with Crippen LogP contribution in [0.25, 0.3) is 5.69 Å². The molecule has 2 aliphatic carbocycles. The van der Waals surface area contributed by atoms with Crippen molar-refractivity contribution in [3.63, 3.8) is 0 Å². The van der Waals surface area contributed by atoms with Gasteiger partial charge in [-0.05, 0) is 36.5 Å². The second kappa shape index (κ2) is 2.94. The van der Waals surface area contributed by atoms with Gasteiger partial charge in [0.05, 0.1) is 11.9 Å². The lowest BCUT2D eigenvalue weighted by atomic mass is 10.2. The maximum atomic E-state index is 13.7. The first-order valence-electron chi connectivity index (χ1n) is 5.76. The minimum absolute atomic E-state index is 0.347. The van der Waals surface area contributed by atoms with Gasteiger partial charge in [0.15, 0.2) is 5.82 Å². The number of rotatable bonds is 1. The Labute approximate surface area is 96.9 Å². The highest BCUT2D eigenvalue weighted by Gasteiger charge is 2.48. The average Bonchev–Trinajstić information content (AvgIpc) is 2.78. The predicted molar refractivity (Wildman–Crippen MR) is 58.0 cm³/mol. The normalized spacial score (nSPS) is 24.6. The van der Waals surface area contributed by atoms with Gasteiger partial charge in [-0.15, -0.1) is 0 Å². The van der Waals surface area contributed by atoms with E-state index in [9.17, 15) is 8.78 Å². The van der Waals surface area contributed by atoms with E-state index in [1.54, 1.807) is 4.68 Å². The van der Waals surface area contributed by atoms with Crippen LogP contribution in [0, 0.1) is 17.6 Å². The minimum atomic E-state index is -0.556. The van der Waals surface area contributed by atoms with Crippen LogP contribution in [0.5, 0.6) is 0 Å². The predicted octanol–water partition coefficient (Wildman–Crippen LogP) is 2.81. The summed E-state index contributed by atoms with van der Waals surface area (Å²) in [5, 5.41) is 4.23. The van der Waals surface area contributed by atoms with E-state index in [0.717, 1.165) is 24.1 Å². The van der Waals surface area contributed by atoms with Crippen LogP contribution < -0.4 is 0 Å². The van der Waals surface area contributed by atoms with Gasteiger partial charge in [0.1, 0.15) is 11.5 Å². The van der Waals surface area contributed by atoms with Crippen molar-refractivity contribution in [3.8, 4) is 5.69 Å². The molecule has 86 valence electrons. The van der Waals surface area contributed by atoms with Crippen molar-refractivity contribution in [3.05, 3.63) is 47.3 Å². The maximum Gasteiger partial charge on any atom is 0.151 e. The highest BCUT2D eigenvalue weighted by Crippen LogP contribution is 2.56. The minimum Gasteiger partial charge on any atom is -0.234 e. The molecule has 0 aliphatic heterocycles. The number of fused-ring (bicyclic) bond motifs is 3. The first kappa shape index (κ1) is 9.33. The SMILES string of the molecule is Fc1ccc(-n2ncc3c2[C@@H]2C[C@@H]2C3)c(F)c1. The molecule has 2 aliphatic rings. The van der Waals surface area contributed by atoms with Crippen LogP contribution in [0.3, 0.4) is 0 Å². The third-order valence-corrected chi connectivity index (χ3v) is 3.78. The first-order valence-corrected chi connectivity index (χ1v) is 5.76. The van der Waals surface area contributed by atoms with Gasteiger partial charge in [-0.25, -0.2) is 13.5 Å². The van der Waals surface area contributed by atoms with E-state index >= 15 is 0 Å². The second-order valence-corrected chi connectivity index (χ2v) is 4.87. The van der Waals surface area contributed by atoms with E-state index in [0.29, 0.717) is 11.6 Å². The Balaban J connectivity index is 1.90. The van der Waals surface area contributed by atoms with Crippen molar-refractivity contribution in [2.45, 2.75) is 18.8 Å². The molecule has 1 aromatic heterocycles. The van der Waals surface area contributed by atoms with Crippen LogP contribution in [0.4, 0.5) is 8.78 Å². The molecular formula is C13H10F2N2. The van der Waals surface area contributed by atoms with E-state index < -0.39 is 11.6 Å². The lowest BCUT2D eigenvalue weighted by Gasteiger charge is -2.07. The second-order valence-electron chi connectivity index (χ2n) is 4.87. The summed E-state index contributed by atoms with van der Waals surface area (Å²) in [7, 11) is 0. The van der Waals surface area contributed by atoms with Crippen LogP contribution >= 0.6 is 0 Å². The molecule has 0 spiro atoms. The molecule has 1 fully saturated rings. The highest BCUT2D eigenvalue weighted by atomic mass is 19.1.